The number of piperidine rings is 1. The Hall–Kier alpha value is -4.35. The Morgan fingerprint density at radius 1 is 1.22 bits per heavy atom. The lowest BCUT2D eigenvalue weighted by atomic mass is 9.92. The SMILES string of the molecule is COc1c(NC[C@H](NC(=O)OCC2=CCCC=C2)C(=O)O)ncnc1N1CCC(c2ccc3c(n2)NCCC3)CC1. The highest BCUT2D eigenvalue weighted by Crippen LogP contribution is 2.36. The summed E-state index contributed by atoms with van der Waals surface area (Å²) in [6, 6.07) is 3.12. The van der Waals surface area contributed by atoms with Gasteiger partial charge in [0.25, 0.3) is 0 Å². The number of alkyl carbamates (subject to hydrolysis) is 1. The van der Waals surface area contributed by atoms with E-state index >= 15 is 0 Å². The zero-order chi connectivity index (χ0) is 28.6. The first kappa shape index (κ1) is 28.2. The molecule has 218 valence electrons. The highest BCUT2D eigenvalue weighted by atomic mass is 16.5. The summed E-state index contributed by atoms with van der Waals surface area (Å²) in [6.07, 6.45) is 12.4. The number of nitrogens with one attached hydrogen (secondary N) is 3. The van der Waals surface area contributed by atoms with Crippen molar-refractivity contribution in [1.29, 1.82) is 0 Å². The minimum absolute atomic E-state index is 0.0846. The molecule has 1 amide bonds. The van der Waals surface area contributed by atoms with Crippen molar-refractivity contribution in [2.75, 3.05) is 55.4 Å². The molecule has 0 unspecified atom stereocenters. The van der Waals surface area contributed by atoms with Crippen LogP contribution in [0.15, 0.2) is 42.3 Å². The molecule has 41 heavy (non-hydrogen) atoms. The lowest BCUT2D eigenvalue weighted by molar-refractivity contribution is -0.138. The van der Waals surface area contributed by atoms with Crippen molar-refractivity contribution in [2.24, 2.45) is 0 Å². The van der Waals surface area contributed by atoms with Crippen LogP contribution in [0, 0.1) is 0 Å². The quantitative estimate of drug-likeness (QED) is 0.336. The molecular formula is C29H37N7O5. The number of nitrogens with zero attached hydrogens (tertiary/aromatic N) is 4. The number of methoxy groups -OCH3 is 1. The number of carboxylic acids is 1. The zero-order valence-corrected chi connectivity index (χ0v) is 23.3. The van der Waals surface area contributed by atoms with Crippen LogP contribution < -0.4 is 25.6 Å². The average Bonchev–Trinajstić information content (AvgIpc) is 3.02. The molecule has 0 spiro atoms. The van der Waals surface area contributed by atoms with Crippen molar-refractivity contribution in [1.82, 2.24) is 20.3 Å². The molecule has 2 aromatic rings. The van der Waals surface area contributed by atoms with E-state index in [1.54, 1.807) is 0 Å². The highest BCUT2D eigenvalue weighted by molar-refractivity contribution is 5.80. The molecule has 1 atom stereocenters. The molecule has 12 nitrogen and oxygen atoms in total. The third-order valence-corrected chi connectivity index (χ3v) is 7.62. The standard InChI is InChI=1S/C29H37N7O5/c1-40-24-26(31-16-23(28(37)38)35-29(39)41-17-19-6-3-2-4-7-19)32-18-33-27(24)36-14-11-20(12-15-36)22-10-9-21-8-5-13-30-25(21)34-22/h3,6-7,9-10,18,20,23H,2,4-5,8,11-17H2,1H3,(H,30,34)(H,35,39)(H,37,38)(H,31,32,33)/t23-/m0/s1. The van der Waals surface area contributed by atoms with Crippen molar-refractivity contribution in [3.63, 3.8) is 0 Å². The number of aryl methyl sites for hydroxylation is 1. The molecule has 1 fully saturated rings. The Morgan fingerprint density at radius 2 is 2.07 bits per heavy atom. The van der Waals surface area contributed by atoms with Crippen LogP contribution >= 0.6 is 0 Å². The first-order chi connectivity index (χ1) is 20.0. The Kier molecular flexibility index (Phi) is 9.17. The normalized spacial score (nSPS) is 17.5. The smallest absolute Gasteiger partial charge is 0.408 e. The van der Waals surface area contributed by atoms with Gasteiger partial charge in [-0.25, -0.2) is 24.5 Å². The summed E-state index contributed by atoms with van der Waals surface area (Å²) >= 11 is 0. The van der Waals surface area contributed by atoms with Gasteiger partial charge in [-0.1, -0.05) is 24.3 Å². The van der Waals surface area contributed by atoms with E-state index in [1.165, 1.54) is 19.0 Å². The van der Waals surface area contributed by atoms with E-state index in [2.05, 4.69) is 43.0 Å². The van der Waals surface area contributed by atoms with Crippen LogP contribution in [0.3, 0.4) is 0 Å². The molecule has 3 aliphatic rings. The number of hydrogen-bond donors (Lipinski definition) is 4. The minimum atomic E-state index is -1.24. The van der Waals surface area contributed by atoms with Gasteiger partial charge >= 0.3 is 12.1 Å². The third-order valence-electron chi connectivity index (χ3n) is 7.62. The second kappa shape index (κ2) is 13.3. The van der Waals surface area contributed by atoms with Crippen molar-refractivity contribution >= 4 is 29.5 Å². The van der Waals surface area contributed by atoms with Gasteiger partial charge in [0.1, 0.15) is 24.8 Å². The predicted molar refractivity (Wildman–Crippen MR) is 155 cm³/mol. The van der Waals surface area contributed by atoms with Crippen LogP contribution in [-0.2, 0) is 16.0 Å². The first-order valence-corrected chi connectivity index (χ1v) is 14.1. The van der Waals surface area contributed by atoms with Gasteiger partial charge in [0.2, 0.25) is 5.75 Å². The number of carbonyl (C=O) groups is 2. The summed E-state index contributed by atoms with van der Waals surface area (Å²) in [4.78, 5) is 39.9. The molecule has 2 aliphatic heterocycles. The monoisotopic (exact) mass is 563 g/mol. The van der Waals surface area contributed by atoms with Gasteiger partial charge in [-0.15, -0.1) is 0 Å². The maximum absolute atomic E-state index is 12.3. The van der Waals surface area contributed by atoms with Crippen LogP contribution in [0.1, 0.15) is 49.3 Å². The van der Waals surface area contributed by atoms with E-state index < -0.39 is 18.1 Å². The number of hydrogen-bond acceptors (Lipinski definition) is 10. The average molecular weight is 564 g/mol. The van der Waals surface area contributed by atoms with Gasteiger partial charge in [-0.2, -0.15) is 0 Å². The van der Waals surface area contributed by atoms with Gasteiger partial charge < -0.3 is 35.4 Å². The van der Waals surface area contributed by atoms with Crippen LogP contribution in [0.2, 0.25) is 0 Å². The van der Waals surface area contributed by atoms with Gasteiger partial charge in [0, 0.05) is 37.8 Å². The van der Waals surface area contributed by atoms with Crippen molar-refractivity contribution in [3.8, 4) is 5.75 Å². The fourth-order valence-electron chi connectivity index (χ4n) is 5.37. The predicted octanol–water partition coefficient (Wildman–Crippen LogP) is 3.49. The maximum atomic E-state index is 12.3. The number of aromatic nitrogens is 3. The molecule has 1 saturated heterocycles. The van der Waals surface area contributed by atoms with E-state index in [1.807, 2.05) is 18.2 Å². The molecule has 0 aromatic carbocycles. The van der Waals surface area contributed by atoms with Crippen molar-refractivity contribution < 1.29 is 24.2 Å². The second-order valence-electron chi connectivity index (χ2n) is 10.4. The summed E-state index contributed by atoms with van der Waals surface area (Å²) in [5, 5.41) is 18.5. The maximum Gasteiger partial charge on any atom is 0.408 e. The van der Waals surface area contributed by atoms with Crippen LogP contribution in [0.25, 0.3) is 0 Å². The number of fused-ring (bicyclic) bond motifs is 1. The number of pyridine rings is 1. The zero-order valence-electron chi connectivity index (χ0n) is 23.3. The number of carboxylic acid groups (broad SMARTS) is 1. The molecule has 5 rings (SSSR count). The number of carbonyl (C=O) groups excluding carboxylic acids is 1. The summed E-state index contributed by atoms with van der Waals surface area (Å²) in [5.41, 5.74) is 3.29. The molecule has 0 saturated carbocycles. The summed E-state index contributed by atoms with van der Waals surface area (Å²) in [7, 11) is 1.53. The van der Waals surface area contributed by atoms with Gasteiger partial charge in [-0.3, -0.25) is 0 Å². The fraction of sp³-hybridized carbons (Fsp3) is 0.483. The molecule has 2 aromatic heterocycles. The van der Waals surface area contributed by atoms with Crippen LogP contribution in [-0.4, -0.2) is 78.1 Å². The summed E-state index contributed by atoms with van der Waals surface area (Å²) in [5.74, 6) is 1.58. The van der Waals surface area contributed by atoms with Crippen LogP contribution in [0.5, 0.6) is 5.75 Å². The van der Waals surface area contributed by atoms with E-state index in [-0.39, 0.29) is 13.2 Å². The topological polar surface area (TPSA) is 151 Å². The van der Waals surface area contributed by atoms with Crippen LogP contribution in [0.4, 0.5) is 22.2 Å². The van der Waals surface area contributed by atoms with E-state index in [9.17, 15) is 14.7 Å². The Balaban J connectivity index is 1.18. The molecule has 1 aliphatic carbocycles. The van der Waals surface area contributed by atoms with E-state index in [0.717, 1.165) is 75.2 Å². The molecule has 12 heteroatoms. The van der Waals surface area contributed by atoms with Gasteiger partial charge in [-0.05, 0) is 55.7 Å². The molecule has 0 radical (unpaired) electrons. The fourth-order valence-corrected chi connectivity index (χ4v) is 5.37. The number of ether oxygens (including phenoxy) is 2. The molecular weight excluding hydrogens is 526 g/mol. The number of anilines is 3. The minimum Gasteiger partial charge on any atom is -0.490 e. The number of aliphatic carboxylic acids is 1. The molecule has 0 bridgehead atoms. The summed E-state index contributed by atoms with van der Waals surface area (Å²) < 4.78 is 10.9. The number of allylic oxidation sites excluding steroid dienone is 2. The second-order valence-corrected chi connectivity index (χ2v) is 10.4. The first-order valence-electron chi connectivity index (χ1n) is 14.1. The lowest BCUT2D eigenvalue weighted by Crippen LogP contribution is -2.45. The van der Waals surface area contributed by atoms with Gasteiger partial charge in [0.15, 0.2) is 11.6 Å². The molecule has 4 N–H and O–H groups in total. The summed E-state index contributed by atoms with van der Waals surface area (Å²) in [6.45, 7) is 2.46. The van der Waals surface area contributed by atoms with Gasteiger partial charge in [0.05, 0.1) is 7.11 Å². The lowest BCUT2D eigenvalue weighted by Gasteiger charge is -2.33. The highest BCUT2D eigenvalue weighted by Gasteiger charge is 2.27. The number of amides is 1. The Bertz CT molecular complexity index is 1310. The molecule has 4 heterocycles. The van der Waals surface area contributed by atoms with E-state index in [0.29, 0.717) is 23.3 Å². The Morgan fingerprint density at radius 3 is 2.83 bits per heavy atom. The van der Waals surface area contributed by atoms with E-state index in [4.69, 9.17) is 14.5 Å². The van der Waals surface area contributed by atoms with Crippen molar-refractivity contribution in [3.05, 3.63) is 53.5 Å². The third kappa shape index (κ3) is 7.05. The Labute approximate surface area is 239 Å². The number of rotatable bonds is 10. The van der Waals surface area contributed by atoms with Crippen molar-refractivity contribution in [2.45, 2.75) is 50.5 Å². The largest absolute Gasteiger partial charge is 0.490 e.